The van der Waals surface area contributed by atoms with Crippen molar-refractivity contribution in [1.29, 1.82) is 0 Å². The van der Waals surface area contributed by atoms with E-state index in [1.165, 1.54) is 0 Å². The molecule has 0 atom stereocenters. The molecule has 0 heterocycles. The van der Waals surface area contributed by atoms with E-state index in [1.807, 2.05) is 19.9 Å². The summed E-state index contributed by atoms with van der Waals surface area (Å²) in [4.78, 5) is 37.0. The second kappa shape index (κ2) is 12.8. The minimum absolute atomic E-state index is 0.194. The van der Waals surface area contributed by atoms with Gasteiger partial charge in [-0.25, -0.2) is 0 Å². The summed E-state index contributed by atoms with van der Waals surface area (Å²) < 4.78 is 11.1. The second-order valence-electron chi connectivity index (χ2n) is 7.44. The summed E-state index contributed by atoms with van der Waals surface area (Å²) in [6.07, 6.45) is 0. The Balaban J connectivity index is 1.50. The maximum absolute atomic E-state index is 12.7. The Hall–Kier alpha value is -4.33. The number of carbonyl (C=O) groups excluding carboxylic acids is 3. The Bertz CT molecular complexity index is 1150. The quantitative estimate of drug-likeness (QED) is 0.365. The van der Waals surface area contributed by atoms with Crippen molar-refractivity contribution in [3.63, 3.8) is 0 Å². The zero-order valence-electron chi connectivity index (χ0n) is 19.8. The van der Waals surface area contributed by atoms with Crippen molar-refractivity contribution in [3.05, 3.63) is 89.5 Å². The molecule has 0 unspecified atom stereocenters. The summed E-state index contributed by atoms with van der Waals surface area (Å²) in [5, 5.41) is 8.33. The predicted octanol–water partition coefficient (Wildman–Crippen LogP) is 3.90. The van der Waals surface area contributed by atoms with Crippen LogP contribution in [0.4, 0.5) is 5.69 Å². The van der Waals surface area contributed by atoms with Gasteiger partial charge in [-0.3, -0.25) is 14.4 Å². The number of rotatable bonds is 11. The highest BCUT2D eigenvalue weighted by Gasteiger charge is 2.13. The van der Waals surface area contributed by atoms with Crippen LogP contribution in [-0.2, 0) is 0 Å². The normalized spacial score (nSPS) is 10.2. The molecule has 3 aromatic carbocycles. The molecule has 8 nitrogen and oxygen atoms in total. The van der Waals surface area contributed by atoms with Gasteiger partial charge in [0.15, 0.2) is 11.5 Å². The molecule has 0 radical (unpaired) electrons. The Morgan fingerprint density at radius 2 is 1.17 bits per heavy atom. The van der Waals surface area contributed by atoms with Gasteiger partial charge in [0.25, 0.3) is 17.7 Å². The van der Waals surface area contributed by atoms with Crippen molar-refractivity contribution in [3.8, 4) is 11.5 Å². The van der Waals surface area contributed by atoms with Crippen molar-refractivity contribution in [2.24, 2.45) is 0 Å². The Morgan fingerprint density at radius 3 is 1.77 bits per heavy atom. The lowest BCUT2D eigenvalue weighted by molar-refractivity contribution is 0.0927. The van der Waals surface area contributed by atoms with E-state index in [9.17, 15) is 14.4 Å². The first-order valence-corrected chi connectivity index (χ1v) is 11.4. The molecule has 3 amide bonds. The summed E-state index contributed by atoms with van der Waals surface area (Å²) in [6.45, 7) is 5.28. The zero-order valence-corrected chi connectivity index (χ0v) is 19.8. The van der Waals surface area contributed by atoms with E-state index in [0.29, 0.717) is 53.6 Å². The molecule has 0 fully saturated rings. The lowest BCUT2D eigenvalue weighted by Gasteiger charge is -2.12. The molecule has 0 saturated heterocycles. The van der Waals surface area contributed by atoms with Crippen LogP contribution in [0.15, 0.2) is 72.8 Å². The molecule has 3 N–H and O–H groups in total. The van der Waals surface area contributed by atoms with Gasteiger partial charge in [0.2, 0.25) is 0 Å². The maximum Gasteiger partial charge on any atom is 0.255 e. The van der Waals surface area contributed by atoms with Gasteiger partial charge in [-0.2, -0.15) is 0 Å². The van der Waals surface area contributed by atoms with Crippen molar-refractivity contribution in [2.45, 2.75) is 13.8 Å². The zero-order chi connectivity index (χ0) is 25.0. The van der Waals surface area contributed by atoms with Gasteiger partial charge in [0.05, 0.1) is 13.2 Å². The fourth-order valence-corrected chi connectivity index (χ4v) is 3.25. The molecule has 0 aliphatic rings. The molecule has 0 saturated carbocycles. The summed E-state index contributed by atoms with van der Waals surface area (Å²) in [5.74, 6) is 0.320. The van der Waals surface area contributed by atoms with E-state index in [2.05, 4.69) is 16.0 Å². The number of amides is 3. The molecule has 182 valence electrons. The summed E-state index contributed by atoms with van der Waals surface area (Å²) in [7, 11) is 0. The second-order valence-corrected chi connectivity index (χ2v) is 7.44. The highest BCUT2D eigenvalue weighted by Crippen LogP contribution is 2.29. The molecular formula is C27H29N3O5. The monoisotopic (exact) mass is 475 g/mol. The minimum atomic E-state index is -0.305. The van der Waals surface area contributed by atoms with Crippen LogP contribution in [0.25, 0.3) is 0 Å². The van der Waals surface area contributed by atoms with Gasteiger partial charge in [-0.05, 0) is 68.4 Å². The van der Waals surface area contributed by atoms with E-state index in [0.717, 1.165) is 0 Å². The number of anilines is 1. The lowest BCUT2D eigenvalue weighted by atomic mass is 10.1. The van der Waals surface area contributed by atoms with Crippen LogP contribution in [-0.4, -0.2) is 44.0 Å². The number of hydrogen-bond donors (Lipinski definition) is 3. The van der Waals surface area contributed by atoms with Crippen molar-refractivity contribution in [1.82, 2.24) is 10.6 Å². The summed E-state index contributed by atoms with van der Waals surface area (Å²) >= 11 is 0. The van der Waals surface area contributed by atoms with E-state index in [4.69, 9.17) is 9.47 Å². The number of ether oxygens (including phenoxy) is 2. The van der Waals surface area contributed by atoms with Gasteiger partial charge in [-0.1, -0.05) is 18.2 Å². The third kappa shape index (κ3) is 7.33. The number of benzene rings is 3. The molecule has 3 aromatic rings. The molecule has 0 aliphatic carbocycles. The first kappa shape index (κ1) is 25.3. The minimum Gasteiger partial charge on any atom is -0.490 e. The Labute approximate surface area is 204 Å². The lowest BCUT2D eigenvalue weighted by Crippen LogP contribution is -2.34. The topological polar surface area (TPSA) is 106 Å². The first-order valence-electron chi connectivity index (χ1n) is 11.4. The van der Waals surface area contributed by atoms with Crippen LogP contribution in [0, 0.1) is 0 Å². The number of nitrogens with one attached hydrogen (secondary N) is 3. The molecule has 3 rings (SSSR count). The summed E-state index contributed by atoms with van der Waals surface area (Å²) in [6, 6.07) is 20.4. The average molecular weight is 476 g/mol. The van der Waals surface area contributed by atoms with E-state index >= 15 is 0 Å². The van der Waals surface area contributed by atoms with E-state index in [1.54, 1.807) is 66.7 Å². The first-order chi connectivity index (χ1) is 17.0. The van der Waals surface area contributed by atoms with Crippen LogP contribution >= 0.6 is 0 Å². The molecule has 0 aliphatic heterocycles. The van der Waals surface area contributed by atoms with Crippen LogP contribution in [0.5, 0.6) is 11.5 Å². The molecule has 8 heteroatoms. The van der Waals surface area contributed by atoms with Crippen LogP contribution < -0.4 is 25.4 Å². The fourth-order valence-electron chi connectivity index (χ4n) is 3.25. The van der Waals surface area contributed by atoms with Gasteiger partial charge in [0.1, 0.15) is 0 Å². The fraction of sp³-hybridized carbons (Fsp3) is 0.222. The molecule has 0 spiro atoms. The van der Waals surface area contributed by atoms with E-state index in [-0.39, 0.29) is 24.3 Å². The van der Waals surface area contributed by atoms with Gasteiger partial charge in [-0.15, -0.1) is 0 Å². The van der Waals surface area contributed by atoms with E-state index < -0.39 is 0 Å². The highest BCUT2D eigenvalue weighted by atomic mass is 16.5. The molecular weight excluding hydrogens is 446 g/mol. The number of hydrogen-bond acceptors (Lipinski definition) is 5. The number of carbonyl (C=O) groups is 3. The molecule has 0 bridgehead atoms. The van der Waals surface area contributed by atoms with Crippen LogP contribution in [0.1, 0.15) is 44.9 Å². The smallest absolute Gasteiger partial charge is 0.255 e. The summed E-state index contributed by atoms with van der Waals surface area (Å²) in [5.41, 5.74) is 1.98. The molecule has 0 aromatic heterocycles. The third-order valence-electron chi connectivity index (χ3n) is 4.94. The van der Waals surface area contributed by atoms with Gasteiger partial charge >= 0.3 is 0 Å². The van der Waals surface area contributed by atoms with Crippen LogP contribution in [0.3, 0.4) is 0 Å². The highest BCUT2D eigenvalue weighted by molar-refractivity contribution is 6.05. The third-order valence-corrected chi connectivity index (χ3v) is 4.94. The largest absolute Gasteiger partial charge is 0.490 e. The molecule has 35 heavy (non-hydrogen) atoms. The SMILES string of the molecule is CCOc1ccc(C(=O)Nc2ccc(C(=O)NCCNC(=O)c3ccccc3)cc2)cc1OCC. The van der Waals surface area contributed by atoms with Gasteiger partial charge in [0, 0.05) is 35.5 Å². The van der Waals surface area contributed by atoms with Crippen LogP contribution in [0.2, 0.25) is 0 Å². The van der Waals surface area contributed by atoms with Crippen molar-refractivity contribution >= 4 is 23.4 Å². The maximum atomic E-state index is 12.7. The van der Waals surface area contributed by atoms with Gasteiger partial charge < -0.3 is 25.4 Å². The standard InChI is InChI=1S/C27H29N3O5/c1-3-34-23-15-12-21(18-24(23)35-4-2)27(33)30-22-13-10-20(11-14-22)26(32)29-17-16-28-25(31)19-8-6-5-7-9-19/h5-15,18H,3-4,16-17H2,1-2H3,(H,28,31)(H,29,32)(H,30,33). The average Bonchev–Trinajstić information content (AvgIpc) is 2.88. The Morgan fingerprint density at radius 1 is 0.629 bits per heavy atom. The Kier molecular flexibility index (Phi) is 9.24. The predicted molar refractivity (Wildman–Crippen MR) is 134 cm³/mol. The van der Waals surface area contributed by atoms with Crippen molar-refractivity contribution in [2.75, 3.05) is 31.6 Å². The van der Waals surface area contributed by atoms with Crippen molar-refractivity contribution < 1.29 is 23.9 Å².